The van der Waals surface area contributed by atoms with Crippen molar-refractivity contribution in [3.63, 3.8) is 0 Å². The predicted octanol–water partition coefficient (Wildman–Crippen LogP) is 4.54. The first-order valence-corrected chi connectivity index (χ1v) is 8.70. The molecule has 1 saturated heterocycles. The Balaban J connectivity index is 2.17. The second-order valence-electron chi connectivity index (χ2n) is 4.89. The lowest BCUT2D eigenvalue weighted by Crippen LogP contribution is -2.27. The first-order valence-electron chi connectivity index (χ1n) is 7.10. The largest absolute Gasteiger partial charge is 0.331 e. The molecule has 1 fully saturated rings. The monoisotopic (exact) mass is 350 g/mol. The van der Waals surface area contributed by atoms with Gasteiger partial charge in [0.05, 0.1) is 10.6 Å². The van der Waals surface area contributed by atoms with Gasteiger partial charge in [0.2, 0.25) is 0 Å². The van der Waals surface area contributed by atoms with Crippen molar-refractivity contribution in [3.8, 4) is 0 Å². The molecule has 6 heteroatoms. The van der Waals surface area contributed by atoms with Crippen molar-refractivity contribution < 1.29 is 4.79 Å². The number of fused-ring (bicyclic) bond motifs is 1. The van der Waals surface area contributed by atoms with Crippen molar-refractivity contribution >= 4 is 62.7 Å². The van der Waals surface area contributed by atoms with Crippen molar-refractivity contribution in [2.75, 3.05) is 6.54 Å². The number of hydrogen-bond donors (Lipinski definition) is 0. The zero-order chi connectivity index (χ0) is 15.9. The molecule has 1 aromatic carbocycles. The van der Waals surface area contributed by atoms with Crippen molar-refractivity contribution in [2.45, 2.75) is 20.4 Å². The number of amides is 1. The first-order chi connectivity index (χ1) is 10.6. The van der Waals surface area contributed by atoms with Crippen molar-refractivity contribution in [1.82, 2.24) is 9.47 Å². The van der Waals surface area contributed by atoms with Gasteiger partial charge in [-0.2, -0.15) is 0 Å². The predicted molar refractivity (Wildman–Crippen MR) is 98.2 cm³/mol. The average Bonchev–Trinajstić information content (AvgIpc) is 2.95. The highest BCUT2D eigenvalue weighted by Gasteiger charge is 2.31. The van der Waals surface area contributed by atoms with Crippen molar-refractivity contribution in [3.05, 3.63) is 40.0 Å². The molecule has 0 radical (unpaired) electrons. The highest BCUT2D eigenvalue weighted by Crippen LogP contribution is 2.36. The highest BCUT2D eigenvalue weighted by atomic mass is 35.5. The van der Waals surface area contributed by atoms with Crippen LogP contribution in [0.2, 0.25) is 5.15 Å². The van der Waals surface area contributed by atoms with E-state index < -0.39 is 0 Å². The molecular formula is C16H15ClN2OS2. The molecule has 0 unspecified atom stereocenters. The smallest absolute Gasteiger partial charge is 0.266 e. The van der Waals surface area contributed by atoms with Gasteiger partial charge >= 0.3 is 0 Å². The molecule has 0 bridgehead atoms. The van der Waals surface area contributed by atoms with E-state index in [4.69, 9.17) is 23.8 Å². The van der Waals surface area contributed by atoms with E-state index in [1.54, 1.807) is 4.90 Å². The summed E-state index contributed by atoms with van der Waals surface area (Å²) in [5.41, 5.74) is 0.958. The summed E-state index contributed by atoms with van der Waals surface area (Å²) in [6.07, 6.45) is 1.91. The molecule has 3 rings (SSSR count). The summed E-state index contributed by atoms with van der Waals surface area (Å²) >= 11 is 13.1. The summed E-state index contributed by atoms with van der Waals surface area (Å²) < 4.78 is 2.63. The minimum Gasteiger partial charge on any atom is -0.331 e. The molecule has 0 spiro atoms. The lowest BCUT2D eigenvalue weighted by molar-refractivity contribution is -0.121. The van der Waals surface area contributed by atoms with Gasteiger partial charge in [-0.05, 0) is 19.9 Å². The number of rotatable bonds is 3. The van der Waals surface area contributed by atoms with E-state index in [2.05, 4.69) is 0 Å². The number of thioether (sulfide) groups is 1. The molecule has 114 valence electrons. The number of benzene rings is 1. The second-order valence-corrected chi connectivity index (χ2v) is 6.93. The van der Waals surface area contributed by atoms with Gasteiger partial charge in [-0.1, -0.05) is 59.8 Å². The normalized spacial score (nSPS) is 17.2. The molecular weight excluding hydrogens is 336 g/mol. The van der Waals surface area contributed by atoms with Crippen LogP contribution in [0.1, 0.15) is 19.5 Å². The maximum absolute atomic E-state index is 12.4. The van der Waals surface area contributed by atoms with E-state index in [0.717, 1.165) is 23.0 Å². The molecule has 0 aliphatic carbocycles. The minimum absolute atomic E-state index is 0.0263. The summed E-state index contributed by atoms with van der Waals surface area (Å²) in [6.45, 7) is 5.31. The van der Waals surface area contributed by atoms with Crippen LogP contribution in [0.25, 0.3) is 16.8 Å². The summed E-state index contributed by atoms with van der Waals surface area (Å²) in [6, 6.07) is 7.97. The fourth-order valence-electron chi connectivity index (χ4n) is 2.64. The highest BCUT2D eigenvalue weighted by molar-refractivity contribution is 8.26. The lowest BCUT2D eigenvalue weighted by atomic mass is 10.2. The van der Waals surface area contributed by atoms with Gasteiger partial charge in [-0.3, -0.25) is 9.69 Å². The molecule has 3 nitrogen and oxygen atoms in total. The second kappa shape index (κ2) is 6.07. The lowest BCUT2D eigenvalue weighted by Gasteiger charge is -2.09. The van der Waals surface area contributed by atoms with Crippen LogP contribution in [0.15, 0.2) is 29.2 Å². The van der Waals surface area contributed by atoms with Crippen molar-refractivity contribution in [1.29, 1.82) is 0 Å². The third kappa shape index (κ3) is 2.37. The Labute approximate surface area is 143 Å². The van der Waals surface area contributed by atoms with Crippen LogP contribution in [0.5, 0.6) is 0 Å². The summed E-state index contributed by atoms with van der Waals surface area (Å²) in [5.74, 6) is -0.0263. The van der Waals surface area contributed by atoms with Gasteiger partial charge in [0.1, 0.15) is 9.47 Å². The molecule has 1 aliphatic rings. The Hall–Kier alpha value is -1.30. The molecule has 0 N–H and O–H groups in total. The fraction of sp³-hybridized carbons (Fsp3) is 0.250. The number of thiocarbonyl (C=S) groups is 1. The van der Waals surface area contributed by atoms with Gasteiger partial charge in [0, 0.05) is 23.9 Å². The number of nitrogens with zero attached hydrogens (tertiary/aromatic N) is 2. The van der Waals surface area contributed by atoms with Crippen LogP contribution < -0.4 is 0 Å². The maximum Gasteiger partial charge on any atom is 0.266 e. The van der Waals surface area contributed by atoms with Crippen LogP contribution in [-0.4, -0.2) is 26.2 Å². The van der Waals surface area contributed by atoms with Gasteiger partial charge in [-0.25, -0.2) is 0 Å². The van der Waals surface area contributed by atoms with Crippen LogP contribution in [0, 0.1) is 0 Å². The van der Waals surface area contributed by atoms with Crippen LogP contribution in [-0.2, 0) is 11.3 Å². The molecule has 22 heavy (non-hydrogen) atoms. The van der Waals surface area contributed by atoms with E-state index in [-0.39, 0.29) is 5.91 Å². The van der Waals surface area contributed by atoms with Gasteiger partial charge in [0.15, 0.2) is 0 Å². The van der Waals surface area contributed by atoms with E-state index in [1.165, 1.54) is 11.8 Å². The first kappa shape index (κ1) is 15.6. The molecule has 2 heterocycles. The Morgan fingerprint density at radius 3 is 2.50 bits per heavy atom. The van der Waals surface area contributed by atoms with Gasteiger partial charge < -0.3 is 4.57 Å². The van der Waals surface area contributed by atoms with E-state index in [1.807, 2.05) is 48.8 Å². The molecule has 1 aromatic heterocycles. The third-order valence-corrected chi connectivity index (χ3v) is 5.51. The Morgan fingerprint density at radius 2 is 1.91 bits per heavy atom. The standard InChI is InChI=1S/C16H15ClN2OS2/c1-3-18-12(10-7-5-6-8-11(10)14(18)17)9-13-15(20)19(4-2)16(21)22-13/h5-9H,3-4H2,1-2H3. The number of aromatic nitrogens is 1. The van der Waals surface area contributed by atoms with Crippen LogP contribution in [0.4, 0.5) is 0 Å². The number of likely N-dealkylation sites (N-methyl/N-ethyl adjacent to an activating group) is 1. The van der Waals surface area contributed by atoms with Crippen LogP contribution >= 0.6 is 35.6 Å². The van der Waals surface area contributed by atoms with Crippen LogP contribution in [0.3, 0.4) is 0 Å². The topological polar surface area (TPSA) is 25.2 Å². The summed E-state index contributed by atoms with van der Waals surface area (Å²) in [5, 5.41) is 2.76. The van der Waals surface area contributed by atoms with E-state index in [9.17, 15) is 4.79 Å². The van der Waals surface area contributed by atoms with Crippen molar-refractivity contribution in [2.24, 2.45) is 0 Å². The number of hydrogen-bond acceptors (Lipinski definition) is 3. The molecule has 0 atom stereocenters. The molecule has 1 aliphatic heterocycles. The zero-order valence-corrected chi connectivity index (χ0v) is 14.7. The van der Waals surface area contributed by atoms with E-state index in [0.29, 0.717) is 20.9 Å². The quantitative estimate of drug-likeness (QED) is 0.600. The molecule has 1 amide bonds. The average molecular weight is 351 g/mol. The van der Waals surface area contributed by atoms with E-state index >= 15 is 0 Å². The fourth-order valence-corrected chi connectivity index (χ4v) is 4.38. The zero-order valence-electron chi connectivity index (χ0n) is 12.3. The third-order valence-electron chi connectivity index (χ3n) is 3.73. The Kier molecular flexibility index (Phi) is 4.30. The number of halogens is 1. The Morgan fingerprint density at radius 1 is 1.23 bits per heavy atom. The molecule has 0 saturated carbocycles. The summed E-state index contributed by atoms with van der Waals surface area (Å²) in [7, 11) is 0. The number of carbonyl (C=O) groups excluding carboxylic acids is 1. The maximum atomic E-state index is 12.4. The van der Waals surface area contributed by atoms with Gasteiger partial charge in [0.25, 0.3) is 5.91 Å². The number of carbonyl (C=O) groups is 1. The summed E-state index contributed by atoms with van der Waals surface area (Å²) in [4.78, 5) is 14.7. The minimum atomic E-state index is -0.0263. The Bertz CT molecular complexity index is 810. The SMILES string of the molecule is CCN1C(=O)C(=Cc2c3ccccc3c(Cl)n2CC)SC1=S. The molecule has 2 aromatic rings. The van der Waals surface area contributed by atoms with Gasteiger partial charge in [-0.15, -0.1) is 0 Å².